The topological polar surface area (TPSA) is 89.1 Å². The number of nitrogens with two attached hydrogens (primary N) is 1. The molecule has 2 heterocycles. The first kappa shape index (κ1) is 18.7. The van der Waals surface area contributed by atoms with Gasteiger partial charge in [0.05, 0.1) is 5.57 Å². The molecule has 0 aliphatic carbocycles. The molecule has 7 nitrogen and oxygen atoms in total. The van der Waals surface area contributed by atoms with E-state index in [1.165, 1.54) is 12.1 Å². The standard InChI is InChI=1S/C21H21FN6O/c1-12-17(19(23)29)18(13-4-8-15(22)9-5-13)28-21(24-12)25-20(26-28)14-6-10-16(11-7-14)27(2)3/h4-11,18H,1-3H3,(H2,23,29)(H,24,25,26)/t18-/m0/s1. The Morgan fingerprint density at radius 3 is 2.38 bits per heavy atom. The van der Waals surface area contributed by atoms with Gasteiger partial charge < -0.3 is 16.0 Å². The lowest BCUT2D eigenvalue weighted by atomic mass is 9.95. The molecule has 0 unspecified atom stereocenters. The lowest BCUT2D eigenvalue weighted by molar-refractivity contribution is -0.115. The van der Waals surface area contributed by atoms with Crippen molar-refractivity contribution in [2.24, 2.45) is 5.73 Å². The van der Waals surface area contributed by atoms with E-state index in [1.54, 1.807) is 23.7 Å². The monoisotopic (exact) mass is 392 g/mol. The molecule has 29 heavy (non-hydrogen) atoms. The van der Waals surface area contributed by atoms with Crippen LogP contribution in [0.1, 0.15) is 18.5 Å². The number of rotatable bonds is 4. The van der Waals surface area contributed by atoms with Gasteiger partial charge in [-0.1, -0.05) is 12.1 Å². The van der Waals surface area contributed by atoms with Crippen molar-refractivity contribution in [2.75, 3.05) is 24.3 Å². The summed E-state index contributed by atoms with van der Waals surface area (Å²) < 4.78 is 15.1. The normalized spacial score (nSPS) is 15.7. The molecule has 1 aliphatic heterocycles. The molecule has 1 aliphatic rings. The maximum absolute atomic E-state index is 13.4. The molecule has 0 bridgehead atoms. The Hall–Kier alpha value is -3.68. The Balaban J connectivity index is 1.81. The number of amides is 1. The molecular weight excluding hydrogens is 371 g/mol. The van der Waals surface area contributed by atoms with Crippen molar-refractivity contribution >= 4 is 17.5 Å². The third-order valence-electron chi connectivity index (χ3n) is 4.95. The van der Waals surface area contributed by atoms with Crippen molar-refractivity contribution in [3.05, 3.63) is 71.2 Å². The highest BCUT2D eigenvalue weighted by Crippen LogP contribution is 2.36. The van der Waals surface area contributed by atoms with E-state index in [4.69, 9.17) is 5.73 Å². The first-order valence-corrected chi connectivity index (χ1v) is 9.12. The van der Waals surface area contributed by atoms with Gasteiger partial charge in [0, 0.05) is 31.0 Å². The van der Waals surface area contributed by atoms with E-state index < -0.39 is 11.9 Å². The number of carbonyl (C=O) groups excluding carboxylic acids is 1. The van der Waals surface area contributed by atoms with E-state index in [-0.39, 0.29) is 5.82 Å². The number of halogens is 1. The number of benzene rings is 2. The van der Waals surface area contributed by atoms with Crippen LogP contribution in [-0.2, 0) is 4.79 Å². The van der Waals surface area contributed by atoms with Crippen LogP contribution in [0.2, 0.25) is 0 Å². The van der Waals surface area contributed by atoms with Crippen LogP contribution in [0.15, 0.2) is 59.8 Å². The van der Waals surface area contributed by atoms with Crippen LogP contribution in [0.25, 0.3) is 11.4 Å². The van der Waals surface area contributed by atoms with Crippen LogP contribution < -0.4 is 16.0 Å². The Kier molecular flexibility index (Phi) is 4.54. The molecule has 0 saturated carbocycles. The van der Waals surface area contributed by atoms with E-state index >= 15 is 0 Å². The molecule has 3 N–H and O–H groups in total. The molecule has 148 valence electrons. The van der Waals surface area contributed by atoms with E-state index in [1.807, 2.05) is 43.3 Å². The van der Waals surface area contributed by atoms with Crippen LogP contribution in [0.4, 0.5) is 16.0 Å². The van der Waals surface area contributed by atoms with Crippen LogP contribution in [0.3, 0.4) is 0 Å². The number of aromatic nitrogens is 3. The largest absolute Gasteiger partial charge is 0.378 e. The first-order valence-electron chi connectivity index (χ1n) is 9.12. The van der Waals surface area contributed by atoms with Gasteiger partial charge >= 0.3 is 0 Å². The molecule has 0 fully saturated rings. The van der Waals surface area contributed by atoms with Gasteiger partial charge in [-0.2, -0.15) is 4.98 Å². The van der Waals surface area contributed by atoms with Crippen LogP contribution in [-0.4, -0.2) is 34.8 Å². The fourth-order valence-electron chi connectivity index (χ4n) is 3.45. The molecule has 1 amide bonds. The Bertz CT molecular complexity index is 1100. The van der Waals surface area contributed by atoms with Crippen LogP contribution in [0.5, 0.6) is 0 Å². The number of anilines is 2. The molecule has 4 rings (SSSR count). The number of allylic oxidation sites excluding steroid dienone is 1. The lowest BCUT2D eigenvalue weighted by Gasteiger charge is -2.27. The highest BCUT2D eigenvalue weighted by molar-refractivity contribution is 5.95. The third-order valence-corrected chi connectivity index (χ3v) is 4.95. The molecule has 0 spiro atoms. The van der Waals surface area contributed by atoms with Gasteiger partial charge in [0.1, 0.15) is 11.9 Å². The number of nitrogens with one attached hydrogen (secondary N) is 1. The molecule has 0 radical (unpaired) electrons. The average molecular weight is 392 g/mol. The Morgan fingerprint density at radius 2 is 1.79 bits per heavy atom. The SMILES string of the molecule is CC1=C(C(N)=O)[C@H](c2ccc(F)cc2)n2nc(-c3ccc(N(C)C)cc3)nc2N1. The summed E-state index contributed by atoms with van der Waals surface area (Å²) >= 11 is 0. The summed E-state index contributed by atoms with van der Waals surface area (Å²) in [6.45, 7) is 1.76. The number of carbonyl (C=O) groups is 1. The lowest BCUT2D eigenvalue weighted by Crippen LogP contribution is -2.31. The zero-order valence-electron chi connectivity index (χ0n) is 16.3. The summed E-state index contributed by atoms with van der Waals surface area (Å²) in [7, 11) is 3.94. The molecular formula is C21H21FN6O. The second-order valence-corrected chi connectivity index (χ2v) is 7.13. The Morgan fingerprint density at radius 1 is 1.14 bits per heavy atom. The zero-order valence-corrected chi connectivity index (χ0v) is 16.3. The van der Waals surface area contributed by atoms with Crippen LogP contribution in [0, 0.1) is 5.82 Å². The molecule has 1 aromatic heterocycles. The van der Waals surface area contributed by atoms with E-state index in [0.717, 1.165) is 11.3 Å². The fraction of sp³-hybridized carbons (Fsp3) is 0.190. The first-order chi connectivity index (χ1) is 13.8. The van der Waals surface area contributed by atoms with Gasteiger partial charge in [0.15, 0.2) is 5.82 Å². The maximum Gasteiger partial charge on any atom is 0.248 e. The number of hydrogen-bond acceptors (Lipinski definition) is 5. The van der Waals surface area contributed by atoms with Gasteiger partial charge in [0.25, 0.3) is 0 Å². The predicted octanol–water partition coefficient (Wildman–Crippen LogP) is 2.92. The van der Waals surface area contributed by atoms with Crippen molar-refractivity contribution in [3.63, 3.8) is 0 Å². The average Bonchev–Trinajstić information content (AvgIpc) is 3.11. The quantitative estimate of drug-likeness (QED) is 0.713. The molecule has 3 aromatic rings. The summed E-state index contributed by atoms with van der Waals surface area (Å²) in [6, 6.07) is 13.2. The van der Waals surface area contributed by atoms with Gasteiger partial charge in [-0.3, -0.25) is 4.79 Å². The highest BCUT2D eigenvalue weighted by Gasteiger charge is 2.33. The van der Waals surface area contributed by atoms with Crippen molar-refractivity contribution < 1.29 is 9.18 Å². The minimum absolute atomic E-state index is 0.357. The fourth-order valence-corrected chi connectivity index (χ4v) is 3.45. The van der Waals surface area contributed by atoms with Crippen molar-refractivity contribution in [1.29, 1.82) is 0 Å². The molecule has 1 atom stereocenters. The molecule has 2 aromatic carbocycles. The summed E-state index contributed by atoms with van der Waals surface area (Å²) in [5.74, 6) is 0.0869. The van der Waals surface area contributed by atoms with Gasteiger partial charge in [-0.25, -0.2) is 9.07 Å². The number of primary amides is 1. The number of nitrogens with zero attached hydrogens (tertiary/aromatic N) is 4. The smallest absolute Gasteiger partial charge is 0.248 e. The van der Waals surface area contributed by atoms with Crippen molar-refractivity contribution in [1.82, 2.24) is 14.8 Å². The predicted molar refractivity (Wildman–Crippen MR) is 110 cm³/mol. The van der Waals surface area contributed by atoms with Gasteiger partial charge in [-0.05, 0) is 48.9 Å². The van der Waals surface area contributed by atoms with Gasteiger partial charge in [0.2, 0.25) is 11.9 Å². The summed E-state index contributed by atoms with van der Waals surface area (Å²) in [5, 5.41) is 7.74. The summed E-state index contributed by atoms with van der Waals surface area (Å²) in [5.41, 5.74) is 9.22. The van der Waals surface area contributed by atoms with Gasteiger partial charge in [-0.15, -0.1) is 5.10 Å². The highest BCUT2D eigenvalue weighted by atomic mass is 19.1. The maximum atomic E-state index is 13.4. The van der Waals surface area contributed by atoms with Crippen molar-refractivity contribution in [3.8, 4) is 11.4 Å². The second-order valence-electron chi connectivity index (χ2n) is 7.13. The summed E-state index contributed by atoms with van der Waals surface area (Å²) in [6.07, 6.45) is 0. The van der Waals surface area contributed by atoms with E-state index in [0.29, 0.717) is 28.6 Å². The van der Waals surface area contributed by atoms with E-state index in [2.05, 4.69) is 15.4 Å². The zero-order chi connectivity index (χ0) is 20.7. The minimum atomic E-state index is -0.591. The molecule has 8 heteroatoms. The third kappa shape index (κ3) is 3.33. The summed E-state index contributed by atoms with van der Waals surface area (Å²) in [4.78, 5) is 18.8. The van der Waals surface area contributed by atoms with Crippen molar-refractivity contribution in [2.45, 2.75) is 13.0 Å². The Labute approximate surface area is 167 Å². The number of hydrogen-bond donors (Lipinski definition) is 2. The molecule has 0 saturated heterocycles. The van der Waals surface area contributed by atoms with E-state index in [9.17, 15) is 9.18 Å². The minimum Gasteiger partial charge on any atom is -0.378 e. The number of fused-ring (bicyclic) bond motifs is 1. The second kappa shape index (κ2) is 7.05. The van der Waals surface area contributed by atoms with Crippen LogP contribution >= 0.6 is 0 Å².